The lowest BCUT2D eigenvalue weighted by Crippen LogP contribution is -1.97. The third-order valence-corrected chi connectivity index (χ3v) is 2.47. The van der Waals surface area contributed by atoms with Crippen molar-refractivity contribution in [2.45, 2.75) is 13.8 Å². The molecule has 0 aliphatic heterocycles. The zero-order chi connectivity index (χ0) is 7.72. The lowest BCUT2D eigenvalue weighted by Gasteiger charge is -2.01. The first-order chi connectivity index (χ1) is 4.61. The van der Waals surface area contributed by atoms with Gasteiger partial charge in [0.15, 0.2) is 0 Å². The van der Waals surface area contributed by atoms with E-state index in [1.165, 1.54) is 3.57 Å². The minimum Gasteiger partial charge on any atom is -0.383 e. The number of hydrogen-bond donors (Lipinski definition) is 1. The first kappa shape index (κ1) is 7.78. The second-order valence-electron chi connectivity index (χ2n) is 2.26. The molecule has 0 bridgehead atoms. The topological polar surface area (TPSA) is 38.9 Å². The largest absolute Gasteiger partial charge is 0.383 e. The van der Waals surface area contributed by atoms with Crippen LogP contribution in [0, 0.1) is 17.4 Å². The minimum atomic E-state index is 0.637. The number of nitrogens with two attached hydrogens (primary N) is 1. The van der Waals surface area contributed by atoms with Gasteiger partial charge in [-0.2, -0.15) is 0 Å². The van der Waals surface area contributed by atoms with Gasteiger partial charge >= 0.3 is 0 Å². The average molecular weight is 248 g/mol. The van der Waals surface area contributed by atoms with Crippen LogP contribution >= 0.6 is 22.6 Å². The van der Waals surface area contributed by atoms with Crippen LogP contribution in [-0.4, -0.2) is 4.98 Å². The van der Waals surface area contributed by atoms with Gasteiger partial charge in [-0.1, -0.05) is 0 Å². The summed E-state index contributed by atoms with van der Waals surface area (Å²) in [5, 5.41) is 0. The second-order valence-corrected chi connectivity index (χ2v) is 3.42. The molecule has 0 atom stereocenters. The molecule has 2 N–H and O–H groups in total. The van der Waals surface area contributed by atoms with Crippen molar-refractivity contribution in [2.24, 2.45) is 0 Å². The van der Waals surface area contributed by atoms with E-state index in [0.29, 0.717) is 5.82 Å². The van der Waals surface area contributed by atoms with Gasteiger partial charge in [0.1, 0.15) is 5.82 Å². The summed E-state index contributed by atoms with van der Waals surface area (Å²) in [5.41, 5.74) is 7.63. The SMILES string of the molecule is Cc1cc(I)c(C)nc1N. The fourth-order valence-electron chi connectivity index (χ4n) is 0.691. The maximum absolute atomic E-state index is 5.58. The Bertz CT molecular complexity index is 208. The molecule has 0 saturated carbocycles. The molecular weight excluding hydrogens is 239 g/mol. The van der Waals surface area contributed by atoms with Gasteiger partial charge in [-0.3, -0.25) is 0 Å². The quantitative estimate of drug-likeness (QED) is 0.712. The molecule has 0 radical (unpaired) electrons. The summed E-state index contributed by atoms with van der Waals surface area (Å²) in [6, 6.07) is 2.04. The first-order valence-electron chi connectivity index (χ1n) is 3.00. The highest BCUT2D eigenvalue weighted by Crippen LogP contribution is 2.14. The van der Waals surface area contributed by atoms with Crippen LogP contribution in [0.15, 0.2) is 6.07 Å². The van der Waals surface area contributed by atoms with E-state index in [1.807, 2.05) is 19.9 Å². The van der Waals surface area contributed by atoms with E-state index in [1.54, 1.807) is 0 Å². The zero-order valence-corrected chi connectivity index (χ0v) is 8.14. The molecule has 0 unspecified atom stereocenters. The maximum atomic E-state index is 5.58. The number of aryl methyl sites for hydroxylation is 2. The Morgan fingerprint density at radius 2 is 2.10 bits per heavy atom. The molecule has 1 heterocycles. The van der Waals surface area contributed by atoms with Crippen LogP contribution in [0.4, 0.5) is 5.82 Å². The Morgan fingerprint density at radius 1 is 1.50 bits per heavy atom. The van der Waals surface area contributed by atoms with Gasteiger partial charge in [0.05, 0.1) is 5.69 Å². The first-order valence-corrected chi connectivity index (χ1v) is 4.08. The summed E-state index contributed by atoms with van der Waals surface area (Å²) in [6.45, 7) is 3.92. The van der Waals surface area contributed by atoms with Crippen molar-refractivity contribution in [3.63, 3.8) is 0 Å². The molecule has 0 fully saturated rings. The summed E-state index contributed by atoms with van der Waals surface area (Å²) < 4.78 is 1.17. The smallest absolute Gasteiger partial charge is 0.126 e. The van der Waals surface area contributed by atoms with E-state index in [4.69, 9.17) is 5.73 Å². The summed E-state index contributed by atoms with van der Waals surface area (Å²) >= 11 is 2.25. The van der Waals surface area contributed by atoms with Gasteiger partial charge < -0.3 is 5.73 Å². The highest BCUT2D eigenvalue weighted by Gasteiger charge is 1.98. The Kier molecular flexibility index (Phi) is 2.13. The Labute approximate surface area is 74.0 Å². The minimum absolute atomic E-state index is 0.637. The van der Waals surface area contributed by atoms with E-state index in [0.717, 1.165) is 11.3 Å². The number of anilines is 1. The molecule has 0 spiro atoms. The van der Waals surface area contributed by atoms with Crippen LogP contribution in [0.5, 0.6) is 0 Å². The molecule has 1 rings (SSSR count). The third-order valence-electron chi connectivity index (χ3n) is 1.38. The van der Waals surface area contributed by atoms with Gasteiger partial charge in [0.2, 0.25) is 0 Å². The van der Waals surface area contributed by atoms with Gasteiger partial charge in [-0.05, 0) is 48.1 Å². The van der Waals surface area contributed by atoms with Crippen molar-refractivity contribution in [3.8, 4) is 0 Å². The molecule has 0 aliphatic rings. The van der Waals surface area contributed by atoms with Crippen molar-refractivity contribution >= 4 is 28.4 Å². The number of nitrogens with zero attached hydrogens (tertiary/aromatic N) is 1. The monoisotopic (exact) mass is 248 g/mol. The standard InChI is InChI=1S/C7H9IN2/c1-4-3-6(8)5(2)10-7(4)9/h3H,1-2H3,(H2,9,10). The van der Waals surface area contributed by atoms with Crippen molar-refractivity contribution in [2.75, 3.05) is 5.73 Å². The maximum Gasteiger partial charge on any atom is 0.126 e. The molecule has 0 aromatic carbocycles. The van der Waals surface area contributed by atoms with Crippen LogP contribution in [0.1, 0.15) is 11.3 Å². The summed E-state index contributed by atoms with van der Waals surface area (Å²) in [4.78, 5) is 4.14. The van der Waals surface area contributed by atoms with Crippen LogP contribution in [0.2, 0.25) is 0 Å². The van der Waals surface area contributed by atoms with Crippen LogP contribution in [0.3, 0.4) is 0 Å². The lowest BCUT2D eigenvalue weighted by atomic mass is 10.2. The Hall–Kier alpha value is -0.320. The number of halogens is 1. The van der Waals surface area contributed by atoms with E-state index in [-0.39, 0.29) is 0 Å². The summed E-state index contributed by atoms with van der Waals surface area (Å²) in [5.74, 6) is 0.637. The molecule has 10 heavy (non-hydrogen) atoms. The number of hydrogen-bond acceptors (Lipinski definition) is 2. The average Bonchev–Trinajstić information content (AvgIpc) is 1.84. The zero-order valence-electron chi connectivity index (χ0n) is 5.98. The molecule has 0 saturated heterocycles. The van der Waals surface area contributed by atoms with Gasteiger partial charge in [-0.15, -0.1) is 0 Å². The van der Waals surface area contributed by atoms with Crippen LogP contribution < -0.4 is 5.73 Å². The number of rotatable bonds is 0. The molecule has 2 nitrogen and oxygen atoms in total. The van der Waals surface area contributed by atoms with Crippen LogP contribution in [-0.2, 0) is 0 Å². The number of nitrogen functional groups attached to an aromatic ring is 1. The lowest BCUT2D eigenvalue weighted by molar-refractivity contribution is 1.16. The molecule has 3 heteroatoms. The van der Waals surface area contributed by atoms with Crippen molar-refractivity contribution < 1.29 is 0 Å². The van der Waals surface area contributed by atoms with E-state index in [9.17, 15) is 0 Å². The normalized spacial score (nSPS) is 9.90. The van der Waals surface area contributed by atoms with Crippen molar-refractivity contribution in [1.82, 2.24) is 4.98 Å². The van der Waals surface area contributed by atoms with E-state index in [2.05, 4.69) is 27.6 Å². The fraction of sp³-hybridized carbons (Fsp3) is 0.286. The van der Waals surface area contributed by atoms with Crippen molar-refractivity contribution in [3.05, 3.63) is 20.9 Å². The van der Waals surface area contributed by atoms with Gasteiger partial charge in [0, 0.05) is 3.57 Å². The predicted molar refractivity (Wildman–Crippen MR) is 50.8 cm³/mol. The Morgan fingerprint density at radius 3 is 2.60 bits per heavy atom. The Balaban J connectivity index is 3.28. The molecule has 54 valence electrons. The molecule has 1 aromatic heterocycles. The highest BCUT2D eigenvalue weighted by molar-refractivity contribution is 14.1. The van der Waals surface area contributed by atoms with E-state index >= 15 is 0 Å². The molecule has 0 amide bonds. The highest BCUT2D eigenvalue weighted by atomic mass is 127. The molecule has 1 aromatic rings. The van der Waals surface area contributed by atoms with Gasteiger partial charge in [-0.25, -0.2) is 4.98 Å². The van der Waals surface area contributed by atoms with Crippen LogP contribution in [0.25, 0.3) is 0 Å². The van der Waals surface area contributed by atoms with Crippen molar-refractivity contribution in [1.29, 1.82) is 0 Å². The predicted octanol–water partition coefficient (Wildman–Crippen LogP) is 1.89. The second kappa shape index (κ2) is 2.74. The van der Waals surface area contributed by atoms with Gasteiger partial charge in [0.25, 0.3) is 0 Å². The molecular formula is C7H9IN2. The number of aromatic nitrogens is 1. The van der Waals surface area contributed by atoms with E-state index < -0.39 is 0 Å². The summed E-state index contributed by atoms with van der Waals surface area (Å²) in [6.07, 6.45) is 0. The third kappa shape index (κ3) is 1.39. The fourth-order valence-corrected chi connectivity index (χ4v) is 1.28. The number of pyridine rings is 1. The summed E-state index contributed by atoms with van der Waals surface area (Å²) in [7, 11) is 0. The molecule has 0 aliphatic carbocycles.